The fourth-order valence-corrected chi connectivity index (χ4v) is 1.86. The molecule has 0 radical (unpaired) electrons. The van der Waals surface area contributed by atoms with E-state index in [0.717, 1.165) is 6.54 Å². The Kier molecular flexibility index (Phi) is 3.37. The standard InChI is InChI=1S/C15H17N/c1-3-10-16-12(2)14-9-8-13-6-4-5-7-15(13)11-14/h3-9,11-12,16H,1,10H2,2H3. The number of hydrogen-bond acceptors (Lipinski definition) is 1. The zero-order valence-electron chi connectivity index (χ0n) is 9.61. The molecule has 0 saturated heterocycles. The van der Waals surface area contributed by atoms with Gasteiger partial charge in [0.1, 0.15) is 0 Å². The third kappa shape index (κ3) is 2.31. The van der Waals surface area contributed by atoms with Crippen LogP contribution in [-0.4, -0.2) is 6.54 Å². The quantitative estimate of drug-likeness (QED) is 0.761. The fourth-order valence-electron chi connectivity index (χ4n) is 1.86. The first-order valence-electron chi connectivity index (χ1n) is 5.64. The van der Waals surface area contributed by atoms with Crippen molar-refractivity contribution in [2.45, 2.75) is 13.0 Å². The molecule has 16 heavy (non-hydrogen) atoms. The Balaban J connectivity index is 2.28. The van der Waals surface area contributed by atoms with Crippen molar-refractivity contribution in [3.63, 3.8) is 0 Å². The minimum Gasteiger partial charge on any atom is -0.307 e. The van der Waals surface area contributed by atoms with Gasteiger partial charge in [-0.2, -0.15) is 0 Å². The predicted octanol–water partition coefficient (Wildman–Crippen LogP) is 3.68. The molecule has 0 fully saturated rings. The van der Waals surface area contributed by atoms with Gasteiger partial charge in [-0.05, 0) is 29.3 Å². The fraction of sp³-hybridized carbons (Fsp3) is 0.200. The monoisotopic (exact) mass is 211 g/mol. The lowest BCUT2D eigenvalue weighted by Crippen LogP contribution is -2.18. The van der Waals surface area contributed by atoms with Crippen LogP contribution in [0, 0.1) is 0 Å². The molecule has 0 saturated carbocycles. The van der Waals surface area contributed by atoms with Crippen molar-refractivity contribution >= 4 is 10.8 Å². The molecule has 82 valence electrons. The molecule has 0 aromatic heterocycles. The van der Waals surface area contributed by atoms with Crippen molar-refractivity contribution < 1.29 is 0 Å². The van der Waals surface area contributed by atoms with Gasteiger partial charge in [-0.15, -0.1) is 6.58 Å². The number of benzene rings is 2. The summed E-state index contributed by atoms with van der Waals surface area (Å²) in [6.07, 6.45) is 1.89. The maximum absolute atomic E-state index is 3.71. The van der Waals surface area contributed by atoms with Gasteiger partial charge in [0.15, 0.2) is 0 Å². The average Bonchev–Trinajstić information content (AvgIpc) is 2.35. The zero-order chi connectivity index (χ0) is 11.4. The van der Waals surface area contributed by atoms with E-state index in [9.17, 15) is 0 Å². The lowest BCUT2D eigenvalue weighted by atomic mass is 10.0. The molecule has 0 aliphatic rings. The minimum absolute atomic E-state index is 0.364. The van der Waals surface area contributed by atoms with Crippen LogP contribution < -0.4 is 5.32 Å². The van der Waals surface area contributed by atoms with Gasteiger partial charge >= 0.3 is 0 Å². The Bertz CT molecular complexity index is 488. The SMILES string of the molecule is C=CCNC(C)c1ccc2ccccc2c1. The summed E-state index contributed by atoms with van der Waals surface area (Å²) in [5, 5.41) is 5.99. The van der Waals surface area contributed by atoms with Gasteiger partial charge in [0.05, 0.1) is 0 Å². The molecule has 2 aromatic carbocycles. The van der Waals surface area contributed by atoms with E-state index in [2.05, 4.69) is 61.3 Å². The molecule has 2 aromatic rings. The van der Waals surface area contributed by atoms with Gasteiger partial charge in [-0.1, -0.05) is 42.5 Å². The third-order valence-corrected chi connectivity index (χ3v) is 2.84. The first-order valence-corrected chi connectivity index (χ1v) is 5.64. The van der Waals surface area contributed by atoms with Crippen molar-refractivity contribution in [3.8, 4) is 0 Å². The summed E-state index contributed by atoms with van der Waals surface area (Å²) in [5.41, 5.74) is 1.32. The Hall–Kier alpha value is -1.60. The van der Waals surface area contributed by atoms with Gasteiger partial charge in [0.2, 0.25) is 0 Å². The van der Waals surface area contributed by atoms with Crippen LogP contribution in [0.15, 0.2) is 55.1 Å². The topological polar surface area (TPSA) is 12.0 Å². The van der Waals surface area contributed by atoms with E-state index in [1.807, 2.05) is 6.08 Å². The van der Waals surface area contributed by atoms with Gasteiger partial charge in [-0.25, -0.2) is 0 Å². The van der Waals surface area contributed by atoms with Gasteiger partial charge in [0, 0.05) is 12.6 Å². The molecule has 1 unspecified atom stereocenters. The van der Waals surface area contributed by atoms with Crippen molar-refractivity contribution in [2.75, 3.05) is 6.54 Å². The Morgan fingerprint density at radius 1 is 1.19 bits per heavy atom. The molecule has 0 aliphatic carbocycles. The van der Waals surface area contributed by atoms with Crippen LogP contribution in [0.1, 0.15) is 18.5 Å². The highest BCUT2D eigenvalue weighted by Gasteiger charge is 2.03. The second-order valence-electron chi connectivity index (χ2n) is 4.03. The summed E-state index contributed by atoms with van der Waals surface area (Å²) < 4.78 is 0. The molecule has 2 rings (SSSR count). The molecule has 1 nitrogen and oxygen atoms in total. The van der Waals surface area contributed by atoms with Gasteiger partial charge < -0.3 is 5.32 Å². The van der Waals surface area contributed by atoms with Crippen LogP contribution in [0.2, 0.25) is 0 Å². The summed E-state index contributed by atoms with van der Waals surface area (Å²) in [7, 11) is 0. The number of hydrogen-bond donors (Lipinski definition) is 1. The highest BCUT2D eigenvalue weighted by atomic mass is 14.9. The Morgan fingerprint density at radius 2 is 1.94 bits per heavy atom. The Morgan fingerprint density at radius 3 is 2.69 bits per heavy atom. The highest BCUT2D eigenvalue weighted by Crippen LogP contribution is 2.19. The number of fused-ring (bicyclic) bond motifs is 1. The lowest BCUT2D eigenvalue weighted by Gasteiger charge is -2.13. The smallest absolute Gasteiger partial charge is 0.0294 e. The van der Waals surface area contributed by atoms with Gasteiger partial charge in [0.25, 0.3) is 0 Å². The van der Waals surface area contributed by atoms with Crippen molar-refractivity contribution in [1.82, 2.24) is 5.32 Å². The number of nitrogens with one attached hydrogen (secondary N) is 1. The Labute approximate surface area is 96.8 Å². The van der Waals surface area contributed by atoms with E-state index >= 15 is 0 Å². The van der Waals surface area contributed by atoms with Crippen molar-refractivity contribution in [2.24, 2.45) is 0 Å². The maximum atomic E-state index is 3.71. The van der Waals surface area contributed by atoms with E-state index in [-0.39, 0.29) is 0 Å². The molecule has 0 aliphatic heterocycles. The number of rotatable bonds is 4. The van der Waals surface area contributed by atoms with Crippen LogP contribution in [-0.2, 0) is 0 Å². The molecule has 1 heteroatoms. The summed E-state index contributed by atoms with van der Waals surface area (Å²) >= 11 is 0. The van der Waals surface area contributed by atoms with Crippen LogP contribution >= 0.6 is 0 Å². The molecule has 0 spiro atoms. The molecule has 0 bridgehead atoms. The van der Waals surface area contributed by atoms with Crippen LogP contribution in [0.3, 0.4) is 0 Å². The van der Waals surface area contributed by atoms with Crippen molar-refractivity contribution in [1.29, 1.82) is 0 Å². The van der Waals surface area contributed by atoms with Gasteiger partial charge in [-0.3, -0.25) is 0 Å². The molecule has 1 N–H and O–H groups in total. The largest absolute Gasteiger partial charge is 0.307 e. The van der Waals surface area contributed by atoms with E-state index < -0.39 is 0 Å². The van der Waals surface area contributed by atoms with E-state index in [4.69, 9.17) is 0 Å². The first kappa shape index (κ1) is 10.9. The normalized spacial score (nSPS) is 12.6. The predicted molar refractivity (Wildman–Crippen MR) is 70.6 cm³/mol. The first-order chi connectivity index (χ1) is 7.81. The zero-order valence-corrected chi connectivity index (χ0v) is 9.61. The molecule has 0 heterocycles. The highest BCUT2D eigenvalue weighted by molar-refractivity contribution is 5.83. The van der Waals surface area contributed by atoms with Crippen LogP contribution in [0.4, 0.5) is 0 Å². The average molecular weight is 211 g/mol. The minimum atomic E-state index is 0.364. The van der Waals surface area contributed by atoms with E-state index in [0.29, 0.717) is 6.04 Å². The second kappa shape index (κ2) is 4.95. The van der Waals surface area contributed by atoms with Crippen LogP contribution in [0.25, 0.3) is 10.8 Å². The molecular formula is C15H17N. The summed E-state index contributed by atoms with van der Waals surface area (Å²) in [4.78, 5) is 0. The summed E-state index contributed by atoms with van der Waals surface area (Å²) in [6.45, 7) is 6.73. The lowest BCUT2D eigenvalue weighted by molar-refractivity contribution is 0.618. The van der Waals surface area contributed by atoms with Crippen LogP contribution in [0.5, 0.6) is 0 Å². The van der Waals surface area contributed by atoms with E-state index in [1.165, 1.54) is 16.3 Å². The third-order valence-electron chi connectivity index (χ3n) is 2.84. The summed E-state index contributed by atoms with van der Waals surface area (Å²) in [5.74, 6) is 0. The van der Waals surface area contributed by atoms with Crippen molar-refractivity contribution in [3.05, 3.63) is 60.7 Å². The summed E-state index contributed by atoms with van der Waals surface area (Å²) in [6, 6.07) is 15.4. The second-order valence-corrected chi connectivity index (χ2v) is 4.03. The maximum Gasteiger partial charge on any atom is 0.0294 e. The molecular weight excluding hydrogens is 194 g/mol. The molecule has 1 atom stereocenters. The molecule has 0 amide bonds. The van der Waals surface area contributed by atoms with E-state index in [1.54, 1.807) is 0 Å².